The van der Waals surface area contributed by atoms with Gasteiger partial charge in [-0.2, -0.15) is 0 Å². The number of primary sulfonamides is 1. The summed E-state index contributed by atoms with van der Waals surface area (Å²) in [7, 11) is 0.148. The third kappa shape index (κ3) is 4.09. The third-order valence-corrected chi connectivity index (χ3v) is 2.58. The van der Waals surface area contributed by atoms with Crippen LogP contribution in [0.1, 0.15) is 0 Å². The first-order chi connectivity index (χ1) is 7.39. The maximum Gasteiger partial charge on any atom is 0.257 e. The monoisotopic (exact) mass is 245 g/mol. The molecule has 0 amide bonds. The van der Waals surface area contributed by atoms with Crippen molar-refractivity contribution in [1.29, 1.82) is 0 Å². The smallest absolute Gasteiger partial charge is 0.257 e. The highest BCUT2D eigenvalue weighted by atomic mass is 32.2. The SMILES string of the molecule is CN(C)CCNc1cnc(S(N)(=O)=O)cn1. The van der Waals surface area contributed by atoms with Crippen LogP contribution in [0.4, 0.5) is 5.82 Å². The topological polar surface area (TPSA) is 101 Å². The molecule has 1 heterocycles. The van der Waals surface area contributed by atoms with Crippen molar-refractivity contribution >= 4 is 15.8 Å². The molecule has 90 valence electrons. The summed E-state index contributed by atoms with van der Waals surface area (Å²) in [5.74, 6) is 0.522. The van der Waals surface area contributed by atoms with Crippen LogP contribution in [0.15, 0.2) is 17.4 Å². The summed E-state index contributed by atoms with van der Waals surface area (Å²) in [5.41, 5.74) is 0. The number of nitrogens with zero attached hydrogens (tertiary/aromatic N) is 3. The summed E-state index contributed by atoms with van der Waals surface area (Å²) in [6.45, 7) is 1.55. The maximum atomic E-state index is 10.9. The molecule has 0 spiro atoms. The van der Waals surface area contributed by atoms with Crippen molar-refractivity contribution in [3.63, 3.8) is 0 Å². The molecule has 0 saturated carbocycles. The van der Waals surface area contributed by atoms with Crippen molar-refractivity contribution in [2.75, 3.05) is 32.5 Å². The van der Waals surface area contributed by atoms with Gasteiger partial charge in [0.15, 0.2) is 5.03 Å². The Labute approximate surface area is 94.7 Å². The van der Waals surface area contributed by atoms with E-state index in [0.29, 0.717) is 12.4 Å². The van der Waals surface area contributed by atoms with Crippen molar-refractivity contribution in [2.45, 2.75) is 5.03 Å². The van der Waals surface area contributed by atoms with Crippen LogP contribution < -0.4 is 10.5 Å². The van der Waals surface area contributed by atoms with Gasteiger partial charge >= 0.3 is 0 Å². The minimum Gasteiger partial charge on any atom is -0.368 e. The first-order valence-electron chi connectivity index (χ1n) is 4.63. The summed E-state index contributed by atoms with van der Waals surface area (Å²) in [6, 6.07) is 0. The van der Waals surface area contributed by atoms with E-state index in [-0.39, 0.29) is 5.03 Å². The van der Waals surface area contributed by atoms with E-state index < -0.39 is 10.0 Å². The first-order valence-corrected chi connectivity index (χ1v) is 6.17. The Morgan fingerprint density at radius 1 is 1.38 bits per heavy atom. The fourth-order valence-corrected chi connectivity index (χ4v) is 1.36. The Morgan fingerprint density at radius 3 is 2.50 bits per heavy atom. The molecule has 16 heavy (non-hydrogen) atoms. The average Bonchev–Trinajstić information content (AvgIpc) is 2.16. The van der Waals surface area contributed by atoms with Gasteiger partial charge in [0.1, 0.15) is 5.82 Å². The fraction of sp³-hybridized carbons (Fsp3) is 0.500. The fourth-order valence-electron chi connectivity index (χ4n) is 0.962. The number of hydrogen-bond acceptors (Lipinski definition) is 6. The number of rotatable bonds is 5. The Hall–Kier alpha value is -1.25. The lowest BCUT2D eigenvalue weighted by molar-refractivity contribution is 0.425. The molecule has 0 aliphatic heterocycles. The van der Waals surface area contributed by atoms with Gasteiger partial charge in [-0.1, -0.05) is 0 Å². The van der Waals surface area contributed by atoms with Crippen molar-refractivity contribution < 1.29 is 8.42 Å². The number of aromatic nitrogens is 2. The van der Waals surface area contributed by atoms with Crippen LogP contribution in [0.3, 0.4) is 0 Å². The molecule has 0 aliphatic rings. The molecule has 1 aromatic rings. The van der Waals surface area contributed by atoms with Crippen molar-refractivity contribution in [1.82, 2.24) is 14.9 Å². The van der Waals surface area contributed by atoms with E-state index in [1.807, 2.05) is 19.0 Å². The number of likely N-dealkylation sites (N-methyl/N-ethyl adjacent to an activating group) is 1. The Bertz CT molecular complexity index is 428. The normalized spacial score (nSPS) is 11.8. The van der Waals surface area contributed by atoms with Gasteiger partial charge in [0.2, 0.25) is 0 Å². The lowest BCUT2D eigenvalue weighted by Crippen LogP contribution is -2.21. The highest BCUT2D eigenvalue weighted by Crippen LogP contribution is 2.03. The molecule has 0 radical (unpaired) electrons. The Kier molecular flexibility index (Phi) is 4.16. The van der Waals surface area contributed by atoms with Gasteiger partial charge in [-0.05, 0) is 14.1 Å². The zero-order valence-corrected chi connectivity index (χ0v) is 10.0. The standard InChI is InChI=1S/C8H15N5O2S/c1-13(2)4-3-10-7-5-12-8(6-11-7)16(9,14)15/h5-6H,3-4H2,1-2H3,(H,10,11)(H2,9,14,15). The van der Waals surface area contributed by atoms with Crippen LogP contribution in [-0.4, -0.2) is 50.5 Å². The summed E-state index contributed by atoms with van der Waals surface area (Å²) >= 11 is 0. The molecule has 3 N–H and O–H groups in total. The summed E-state index contributed by atoms with van der Waals surface area (Å²) in [6.07, 6.45) is 2.47. The van der Waals surface area contributed by atoms with Gasteiger partial charge in [-0.3, -0.25) is 0 Å². The van der Waals surface area contributed by atoms with Gasteiger partial charge in [0, 0.05) is 13.1 Å². The Balaban J connectivity index is 2.59. The highest BCUT2D eigenvalue weighted by molar-refractivity contribution is 7.89. The lowest BCUT2D eigenvalue weighted by atomic mass is 10.5. The third-order valence-electron chi connectivity index (χ3n) is 1.78. The number of nitrogens with one attached hydrogen (secondary N) is 1. The molecule has 0 bridgehead atoms. The molecule has 0 aliphatic carbocycles. The van der Waals surface area contributed by atoms with E-state index in [0.717, 1.165) is 12.7 Å². The minimum atomic E-state index is -3.76. The van der Waals surface area contributed by atoms with E-state index >= 15 is 0 Å². The predicted octanol–water partition coefficient (Wildman–Crippen LogP) is -0.902. The molecule has 8 heteroatoms. The molecule has 0 unspecified atom stereocenters. The van der Waals surface area contributed by atoms with Crippen LogP contribution in [-0.2, 0) is 10.0 Å². The van der Waals surface area contributed by atoms with Gasteiger partial charge in [0.05, 0.1) is 12.4 Å². The summed E-state index contributed by atoms with van der Waals surface area (Å²) < 4.78 is 21.8. The lowest BCUT2D eigenvalue weighted by Gasteiger charge is -2.10. The van der Waals surface area contributed by atoms with Crippen LogP contribution >= 0.6 is 0 Å². The van der Waals surface area contributed by atoms with E-state index in [2.05, 4.69) is 15.3 Å². The van der Waals surface area contributed by atoms with E-state index in [9.17, 15) is 8.42 Å². The van der Waals surface area contributed by atoms with Crippen molar-refractivity contribution in [3.05, 3.63) is 12.4 Å². The second-order valence-electron chi connectivity index (χ2n) is 3.51. The van der Waals surface area contributed by atoms with Crippen molar-refractivity contribution in [2.24, 2.45) is 5.14 Å². The predicted molar refractivity (Wildman–Crippen MR) is 60.4 cm³/mol. The van der Waals surface area contributed by atoms with Gasteiger partial charge in [-0.15, -0.1) is 0 Å². The van der Waals surface area contributed by atoms with Crippen LogP contribution in [0.5, 0.6) is 0 Å². The molecular weight excluding hydrogens is 230 g/mol. The largest absolute Gasteiger partial charge is 0.368 e. The highest BCUT2D eigenvalue weighted by Gasteiger charge is 2.09. The second kappa shape index (κ2) is 5.19. The zero-order valence-electron chi connectivity index (χ0n) is 9.21. The quantitative estimate of drug-likeness (QED) is 0.697. The number of anilines is 1. The first kappa shape index (κ1) is 12.8. The van der Waals surface area contributed by atoms with Crippen LogP contribution in [0, 0.1) is 0 Å². The Morgan fingerprint density at radius 2 is 2.06 bits per heavy atom. The van der Waals surface area contributed by atoms with Crippen molar-refractivity contribution in [3.8, 4) is 0 Å². The van der Waals surface area contributed by atoms with Crippen LogP contribution in [0.2, 0.25) is 0 Å². The summed E-state index contributed by atoms with van der Waals surface area (Å²) in [4.78, 5) is 9.60. The van der Waals surface area contributed by atoms with E-state index in [4.69, 9.17) is 5.14 Å². The van der Waals surface area contributed by atoms with E-state index in [1.165, 1.54) is 6.20 Å². The van der Waals surface area contributed by atoms with Gasteiger partial charge in [-0.25, -0.2) is 23.5 Å². The van der Waals surface area contributed by atoms with E-state index in [1.54, 1.807) is 0 Å². The molecule has 0 fully saturated rings. The van der Waals surface area contributed by atoms with Gasteiger partial charge in [0.25, 0.3) is 10.0 Å². The minimum absolute atomic E-state index is 0.231. The molecule has 7 nitrogen and oxygen atoms in total. The molecule has 1 rings (SSSR count). The summed E-state index contributed by atoms with van der Waals surface area (Å²) in [5, 5.41) is 7.66. The molecular formula is C8H15N5O2S. The number of nitrogens with two attached hydrogens (primary N) is 1. The molecule has 0 atom stereocenters. The second-order valence-corrected chi connectivity index (χ2v) is 5.02. The molecule has 0 aromatic carbocycles. The number of sulfonamides is 1. The zero-order chi connectivity index (χ0) is 12.2. The number of hydrogen-bond donors (Lipinski definition) is 2. The average molecular weight is 245 g/mol. The van der Waals surface area contributed by atoms with Gasteiger partial charge < -0.3 is 10.2 Å². The molecule has 0 saturated heterocycles. The van der Waals surface area contributed by atoms with Crippen LogP contribution in [0.25, 0.3) is 0 Å². The maximum absolute atomic E-state index is 10.9. The molecule has 1 aromatic heterocycles.